The number of benzene rings is 1. The van der Waals surface area contributed by atoms with Gasteiger partial charge in [0.05, 0.1) is 6.54 Å². The first-order valence-corrected chi connectivity index (χ1v) is 7.51. The minimum Gasteiger partial charge on any atom is -0.492 e. The average Bonchev–Trinajstić information content (AvgIpc) is 3.00. The average molecular weight is 331 g/mol. The molecular weight excluding hydrogens is 307 g/mol. The maximum atomic E-state index is 12.7. The molecule has 1 heterocycles. The summed E-state index contributed by atoms with van der Waals surface area (Å²) >= 11 is 0. The Morgan fingerprint density at radius 2 is 2.14 bits per heavy atom. The van der Waals surface area contributed by atoms with Gasteiger partial charge in [0.1, 0.15) is 18.2 Å². The number of halogens is 2. The van der Waals surface area contributed by atoms with Crippen molar-refractivity contribution in [3.63, 3.8) is 0 Å². The molecule has 0 saturated carbocycles. The van der Waals surface area contributed by atoms with Gasteiger partial charge in [0.2, 0.25) is 5.91 Å². The van der Waals surface area contributed by atoms with Crippen LogP contribution in [0.3, 0.4) is 0 Å². The first-order chi connectivity index (χ1) is 10.1. The minimum atomic E-state index is -0.282. The van der Waals surface area contributed by atoms with Crippen LogP contribution < -0.4 is 10.1 Å². The van der Waals surface area contributed by atoms with Crippen LogP contribution in [0.5, 0.6) is 5.75 Å². The van der Waals surface area contributed by atoms with Crippen molar-refractivity contribution in [2.24, 2.45) is 0 Å². The molecule has 2 rings (SSSR count). The molecule has 1 unspecified atom stereocenters. The summed E-state index contributed by atoms with van der Waals surface area (Å²) in [4.78, 5) is 13.7. The molecule has 0 bridgehead atoms. The van der Waals surface area contributed by atoms with E-state index in [4.69, 9.17) is 4.74 Å². The van der Waals surface area contributed by atoms with Gasteiger partial charge in [-0.05, 0) is 50.1 Å². The van der Waals surface area contributed by atoms with Crippen LogP contribution >= 0.6 is 12.4 Å². The molecule has 1 amide bonds. The second-order valence-electron chi connectivity index (χ2n) is 5.45. The molecule has 1 aliphatic rings. The fraction of sp³-hybridized carbons (Fsp3) is 0.562. The van der Waals surface area contributed by atoms with Crippen molar-refractivity contribution >= 4 is 18.3 Å². The van der Waals surface area contributed by atoms with Gasteiger partial charge >= 0.3 is 0 Å². The number of carbonyl (C=O) groups excluding carboxylic acids is 1. The number of amides is 1. The molecule has 1 saturated heterocycles. The maximum Gasteiger partial charge on any atom is 0.222 e. The van der Waals surface area contributed by atoms with Gasteiger partial charge < -0.3 is 15.0 Å². The quantitative estimate of drug-likeness (QED) is 0.835. The summed E-state index contributed by atoms with van der Waals surface area (Å²) in [5.74, 6) is 0.481. The van der Waals surface area contributed by atoms with Gasteiger partial charge in [-0.25, -0.2) is 4.39 Å². The summed E-state index contributed by atoms with van der Waals surface area (Å²) in [7, 11) is 1.79. The number of rotatable bonds is 7. The third-order valence-electron chi connectivity index (χ3n) is 3.80. The number of nitrogens with one attached hydrogen (secondary N) is 1. The van der Waals surface area contributed by atoms with Crippen LogP contribution in [0.1, 0.15) is 25.7 Å². The Hall–Kier alpha value is -1.33. The summed E-state index contributed by atoms with van der Waals surface area (Å²) in [6, 6.07) is 6.39. The topological polar surface area (TPSA) is 41.6 Å². The van der Waals surface area contributed by atoms with Gasteiger partial charge in [0.25, 0.3) is 0 Å². The van der Waals surface area contributed by atoms with E-state index in [0.717, 1.165) is 13.0 Å². The molecule has 1 aromatic rings. The molecule has 0 aromatic heterocycles. The number of ether oxygens (including phenoxy) is 1. The van der Waals surface area contributed by atoms with Crippen molar-refractivity contribution in [2.75, 3.05) is 26.7 Å². The van der Waals surface area contributed by atoms with Gasteiger partial charge in [-0.3, -0.25) is 4.79 Å². The maximum absolute atomic E-state index is 12.7. The molecule has 1 atom stereocenters. The van der Waals surface area contributed by atoms with E-state index < -0.39 is 0 Å². The molecule has 1 aliphatic heterocycles. The lowest BCUT2D eigenvalue weighted by molar-refractivity contribution is -0.130. The minimum absolute atomic E-state index is 0. The standard InChI is InChI=1S/C16H23FN2O2.ClH/c1-19(16(20)9-6-14-3-2-10-18-14)11-12-21-15-7-4-13(17)5-8-15;/h4-5,7-8,14,18H,2-3,6,9-12H2,1H3;1H. The van der Waals surface area contributed by atoms with E-state index in [9.17, 15) is 9.18 Å². The smallest absolute Gasteiger partial charge is 0.222 e. The Kier molecular flexibility index (Phi) is 8.20. The first-order valence-electron chi connectivity index (χ1n) is 7.51. The third kappa shape index (κ3) is 6.20. The molecule has 1 N–H and O–H groups in total. The molecule has 6 heteroatoms. The lowest BCUT2D eigenvalue weighted by Gasteiger charge is -2.18. The predicted molar refractivity (Wildman–Crippen MR) is 87.0 cm³/mol. The van der Waals surface area contributed by atoms with Crippen LogP contribution in [-0.2, 0) is 4.79 Å². The van der Waals surface area contributed by atoms with Crippen molar-refractivity contribution in [1.29, 1.82) is 0 Å². The monoisotopic (exact) mass is 330 g/mol. The Balaban J connectivity index is 0.00000242. The number of nitrogens with zero attached hydrogens (tertiary/aromatic N) is 1. The number of hydrogen-bond acceptors (Lipinski definition) is 3. The molecule has 1 aromatic carbocycles. The van der Waals surface area contributed by atoms with Crippen LogP contribution in [-0.4, -0.2) is 43.6 Å². The highest BCUT2D eigenvalue weighted by molar-refractivity contribution is 5.85. The number of likely N-dealkylation sites (N-methyl/N-ethyl adjacent to an activating group) is 1. The van der Waals surface area contributed by atoms with Crippen LogP contribution in [0.25, 0.3) is 0 Å². The van der Waals surface area contributed by atoms with Crippen molar-refractivity contribution in [1.82, 2.24) is 10.2 Å². The van der Waals surface area contributed by atoms with Crippen LogP contribution in [0.4, 0.5) is 4.39 Å². The van der Waals surface area contributed by atoms with Gasteiger partial charge in [-0.2, -0.15) is 0 Å². The van der Waals surface area contributed by atoms with E-state index in [0.29, 0.717) is 31.4 Å². The van der Waals surface area contributed by atoms with E-state index in [2.05, 4.69) is 5.32 Å². The van der Waals surface area contributed by atoms with Gasteiger partial charge in [0.15, 0.2) is 0 Å². The number of carbonyl (C=O) groups is 1. The molecular formula is C16H24ClFN2O2. The predicted octanol–water partition coefficient (Wildman–Crippen LogP) is 2.62. The first kappa shape index (κ1) is 18.7. The van der Waals surface area contributed by atoms with Gasteiger partial charge in [0, 0.05) is 19.5 Å². The van der Waals surface area contributed by atoms with E-state index in [1.54, 1.807) is 24.1 Å². The highest BCUT2D eigenvalue weighted by atomic mass is 35.5. The Bertz CT molecular complexity index is 450. The molecule has 0 aliphatic carbocycles. The SMILES string of the molecule is CN(CCOc1ccc(F)cc1)C(=O)CCC1CCCN1.Cl. The van der Waals surface area contributed by atoms with Crippen molar-refractivity contribution < 1.29 is 13.9 Å². The van der Waals surface area contributed by atoms with E-state index in [1.165, 1.54) is 25.0 Å². The van der Waals surface area contributed by atoms with Crippen molar-refractivity contribution in [3.05, 3.63) is 30.1 Å². The van der Waals surface area contributed by atoms with Crippen molar-refractivity contribution in [3.8, 4) is 5.75 Å². The molecule has 22 heavy (non-hydrogen) atoms. The zero-order valence-corrected chi connectivity index (χ0v) is 13.7. The second-order valence-corrected chi connectivity index (χ2v) is 5.45. The van der Waals surface area contributed by atoms with Crippen LogP contribution in [0.2, 0.25) is 0 Å². The summed E-state index contributed by atoms with van der Waals surface area (Å²) in [6.07, 6.45) is 3.86. The summed E-state index contributed by atoms with van der Waals surface area (Å²) in [5, 5.41) is 3.39. The fourth-order valence-corrected chi connectivity index (χ4v) is 2.45. The van der Waals surface area contributed by atoms with E-state index >= 15 is 0 Å². The van der Waals surface area contributed by atoms with Crippen LogP contribution in [0, 0.1) is 5.82 Å². The highest BCUT2D eigenvalue weighted by Crippen LogP contribution is 2.12. The normalized spacial score (nSPS) is 16.9. The molecule has 1 fully saturated rings. The van der Waals surface area contributed by atoms with E-state index in [-0.39, 0.29) is 24.1 Å². The largest absolute Gasteiger partial charge is 0.492 e. The molecule has 0 radical (unpaired) electrons. The zero-order valence-electron chi connectivity index (χ0n) is 12.9. The van der Waals surface area contributed by atoms with E-state index in [1.807, 2.05) is 0 Å². The molecule has 124 valence electrons. The summed E-state index contributed by atoms with van der Waals surface area (Å²) in [6.45, 7) is 2.02. The summed E-state index contributed by atoms with van der Waals surface area (Å²) < 4.78 is 18.2. The molecule has 4 nitrogen and oxygen atoms in total. The Labute approximate surface area is 137 Å². The Morgan fingerprint density at radius 1 is 1.41 bits per heavy atom. The van der Waals surface area contributed by atoms with Crippen molar-refractivity contribution in [2.45, 2.75) is 31.7 Å². The van der Waals surface area contributed by atoms with Gasteiger partial charge in [-0.15, -0.1) is 12.4 Å². The molecule has 0 spiro atoms. The summed E-state index contributed by atoms with van der Waals surface area (Å²) in [5.41, 5.74) is 0. The second kappa shape index (κ2) is 9.64. The lowest BCUT2D eigenvalue weighted by Crippen LogP contribution is -2.32. The number of hydrogen-bond donors (Lipinski definition) is 1. The van der Waals surface area contributed by atoms with Gasteiger partial charge in [-0.1, -0.05) is 0 Å². The third-order valence-corrected chi connectivity index (χ3v) is 3.80. The lowest BCUT2D eigenvalue weighted by atomic mass is 10.1. The Morgan fingerprint density at radius 3 is 2.77 bits per heavy atom. The highest BCUT2D eigenvalue weighted by Gasteiger charge is 2.16. The van der Waals surface area contributed by atoms with Crippen LogP contribution in [0.15, 0.2) is 24.3 Å². The fourth-order valence-electron chi connectivity index (χ4n) is 2.45. The zero-order chi connectivity index (χ0) is 15.1.